The molecular formula is C19H22N2O2S. The van der Waals surface area contributed by atoms with E-state index in [1.54, 1.807) is 12.1 Å². The number of carbonyl (C=O) groups excluding carboxylic acids is 1. The predicted molar refractivity (Wildman–Crippen MR) is 95.7 cm³/mol. The normalized spacial score (nSPS) is 17.2. The third-order valence-electron chi connectivity index (χ3n) is 4.62. The zero-order chi connectivity index (χ0) is 17.1. The lowest BCUT2D eigenvalue weighted by Crippen LogP contribution is -2.33. The summed E-state index contributed by atoms with van der Waals surface area (Å²) in [6, 6.07) is 11.9. The van der Waals surface area contributed by atoms with Crippen molar-refractivity contribution in [3.05, 3.63) is 64.5 Å². The van der Waals surface area contributed by atoms with Crippen molar-refractivity contribution in [2.45, 2.75) is 37.8 Å². The predicted octanol–water partition coefficient (Wildman–Crippen LogP) is 3.39. The number of likely N-dealkylation sites (tertiary alicyclic amines) is 1. The fourth-order valence-electron chi connectivity index (χ4n) is 3.13. The van der Waals surface area contributed by atoms with Crippen molar-refractivity contribution < 1.29 is 9.52 Å². The molecule has 5 heteroatoms. The second-order valence-corrected chi connectivity index (χ2v) is 7.24. The van der Waals surface area contributed by atoms with Gasteiger partial charge in [-0.15, -0.1) is 0 Å². The molecule has 0 radical (unpaired) electrons. The quantitative estimate of drug-likeness (QED) is 0.486. The van der Waals surface area contributed by atoms with Gasteiger partial charge in [-0.1, -0.05) is 18.2 Å². The molecule has 1 aromatic heterocycles. The van der Waals surface area contributed by atoms with Crippen LogP contribution in [0.2, 0.25) is 0 Å². The van der Waals surface area contributed by atoms with Gasteiger partial charge in [0, 0.05) is 18.7 Å². The van der Waals surface area contributed by atoms with Crippen LogP contribution in [0, 0.1) is 19.1 Å². The average Bonchev–Trinajstić information content (AvgIpc) is 3.06. The Morgan fingerprint density at radius 2 is 2.12 bits per heavy atom. The summed E-state index contributed by atoms with van der Waals surface area (Å²) in [6.45, 7) is 5.01. The molecule has 1 unspecified atom stereocenters. The van der Waals surface area contributed by atoms with Crippen LogP contribution in [0.3, 0.4) is 0 Å². The van der Waals surface area contributed by atoms with Crippen LogP contribution < -0.4 is 4.73 Å². The Bertz CT molecular complexity index is 748. The van der Waals surface area contributed by atoms with Crippen molar-refractivity contribution in [3.63, 3.8) is 0 Å². The van der Waals surface area contributed by atoms with E-state index in [-0.39, 0.29) is 11.9 Å². The number of benzene rings is 1. The number of carbonyl (C=O) groups is 1. The molecule has 1 aliphatic heterocycles. The fraction of sp³-hybridized carbons (Fsp3) is 0.368. The van der Waals surface area contributed by atoms with E-state index >= 15 is 0 Å². The lowest BCUT2D eigenvalue weighted by molar-refractivity contribution is -0.645. The van der Waals surface area contributed by atoms with Crippen LogP contribution in [0.5, 0.6) is 0 Å². The first-order valence-corrected chi connectivity index (χ1v) is 9.22. The molecule has 0 saturated carbocycles. The monoisotopic (exact) mass is 342 g/mol. The molecule has 1 aliphatic rings. The summed E-state index contributed by atoms with van der Waals surface area (Å²) in [4.78, 5) is 14.6. The smallest absolute Gasteiger partial charge is 0.251 e. The summed E-state index contributed by atoms with van der Waals surface area (Å²) in [7, 11) is 0. The molecule has 1 atom stereocenters. The Balaban J connectivity index is 1.69. The van der Waals surface area contributed by atoms with Gasteiger partial charge in [-0.25, -0.2) is 0 Å². The van der Waals surface area contributed by atoms with E-state index in [0.29, 0.717) is 10.8 Å². The van der Waals surface area contributed by atoms with Crippen molar-refractivity contribution in [3.8, 4) is 0 Å². The van der Waals surface area contributed by atoms with E-state index in [4.69, 9.17) is 0 Å². The Morgan fingerprint density at radius 1 is 1.29 bits per heavy atom. The van der Waals surface area contributed by atoms with Crippen LogP contribution in [-0.2, 0) is 4.79 Å². The molecule has 3 rings (SSSR count). The topological polar surface area (TPSA) is 47.2 Å². The van der Waals surface area contributed by atoms with Crippen molar-refractivity contribution >= 4 is 17.7 Å². The van der Waals surface area contributed by atoms with Crippen molar-refractivity contribution in [1.82, 2.24) is 4.90 Å². The zero-order valence-corrected chi connectivity index (χ0v) is 14.9. The Morgan fingerprint density at radius 3 is 2.88 bits per heavy atom. The largest absolute Gasteiger partial charge is 0.618 e. The molecule has 0 aliphatic carbocycles. The number of aryl methyl sites for hydroxylation is 2. The highest BCUT2D eigenvalue weighted by Gasteiger charge is 2.30. The summed E-state index contributed by atoms with van der Waals surface area (Å²) in [5.41, 5.74) is 3.75. The number of amides is 1. The minimum absolute atomic E-state index is 0.101. The standard InChI is InChI=1S/C19H22N2O2S/c1-14-8-9-16(12-15(14)2)17-6-5-10-20(17)18(22)13-24-19-7-3-4-11-21(19)23/h3-4,7-9,11-12,17H,5-6,10,13H2,1-2H3. The fourth-order valence-corrected chi connectivity index (χ4v) is 3.93. The molecule has 126 valence electrons. The van der Waals surface area contributed by atoms with Crippen LogP contribution in [-0.4, -0.2) is 23.1 Å². The van der Waals surface area contributed by atoms with Gasteiger partial charge in [0.05, 0.1) is 11.8 Å². The molecule has 2 heterocycles. The van der Waals surface area contributed by atoms with Crippen molar-refractivity contribution in [1.29, 1.82) is 0 Å². The molecule has 1 saturated heterocycles. The summed E-state index contributed by atoms with van der Waals surface area (Å²) >= 11 is 1.30. The number of nitrogens with zero attached hydrogens (tertiary/aromatic N) is 2. The number of hydrogen-bond acceptors (Lipinski definition) is 3. The number of pyridine rings is 1. The second kappa shape index (κ2) is 7.26. The molecule has 0 spiro atoms. The molecule has 0 bridgehead atoms. The summed E-state index contributed by atoms with van der Waals surface area (Å²) < 4.78 is 0.808. The summed E-state index contributed by atoms with van der Waals surface area (Å²) in [5.74, 6) is 0.401. The van der Waals surface area contributed by atoms with Gasteiger partial charge in [0.15, 0.2) is 6.20 Å². The molecule has 24 heavy (non-hydrogen) atoms. The lowest BCUT2D eigenvalue weighted by atomic mass is 9.99. The first-order valence-electron chi connectivity index (χ1n) is 8.24. The van der Waals surface area contributed by atoms with Crippen molar-refractivity contribution in [2.75, 3.05) is 12.3 Å². The lowest BCUT2D eigenvalue weighted by Gasteiger charge is -2.25. The highest BCUT2D eigenvalue weighted by molar-refractivity contribution is 7.99. The van der Waals surface area contributed by atoms with E-state index in [9.17, 15) is 10.0 Å². The van der Waals surface area contributed by atoms with E-state index in [2.05, 4.69) is 32.0 Å². The Kier molecular flexibility index (Phi) is 5.09. The van der Waals surface area contributed by atoms with Gasteiger partial charge in [0.2, 0.25) is 5.91 Å². The number of hydrogen-bond donors (Lipinski definition) is 0. The Labute approximate surface area is 147 Å². The Hall–Kier alpha value is -2.01. The average molecular weight is 342 g/mol. The highest BCUT2D eigenvalue weighted by Crippen LogP contribution is 2.33. The molecule has 1 amide bonds. The first kappa shape index (κ1) is 16.8. The summed E-state index contributed by atoms with van der Waals surface area (Å²) in [6.07, 6.45) is 3.49. The van der Waals surface area contributed by atoms with Gasteiger partial charge in [0.25, 0.3) is 5.03 Å². The van der Waals surface area contributed by atoms with Gasteiger partial charge in [-0.2, -0.15) is 4.73 Å². The van der Waals surface area contributed by atoms with E-state index in [1.807, 2.05) is 11.0 Å². The minimum atomic E-state index is 0.101. The second-order valence-electron chi connectivity index (χ2n) is 6.24. The van der Waals surface area contributed by atoms with Crippen LogP contribution in [0.4, 0.5) is 0 Å². The van der Waals surface area contributed by atoms with Gasteiger partial charge in [-0.05, 0) is 61.2 Å². The molecule has 4 nitrogen and oxygen atoms in total. The van der Waals surface area contributed by atoms with Crippen molar-refractivity contribution in [2.24, 2.45) is 0 Å². The van der Waals surface area contributed by atoms with Gasteiger partial charge in [-0.3, -0.25) is 4.79 Å². The van der Waals surface area contributed by atoms with E-state index < -0.39 is 0 Å². The molecular weight excluding hydrogens is 320 g/mol. The van der Waals surface area contributed by atoms with Crippen LogP contribution in [0.15, 0.2) is 47.6 Å². The molecule has 0 N–H and O–H groups in total. The minimum Gasteiger partial charge on any atom is -0.618 e. The number of rotatable bonds is 4. The van der Waals surface area contributed by atoms with Crippen LogP contribution in [0.1, 0.15) is 35.6 Å². The number of aromatic nitrogens is 1. The van der Waals surface area contributed by atoms with E-state index in [0.717, 1.165) is 24.1 Å². The molecule has 2 aromatic rings. The van der Waals surface area contributed by atoms with Crippen LogP contribution in [0.25, 0.3) is 0 Å². The molecule has 1 fully saturated rings. The zero-order valence-electron chi connectivity index (χ0n) is 14.1. The van der Waals surface area contributed by atoms with E-state index in [1.165, 1.54) is 34.6 Å². The van der Waals surface area contributed by atoms with Gasteiger partial charge >= 0.3 is 0 Å². The SMILES string of the molecule is Cc1ccc(C2CCCN2C(=O)CSc2cccc[n+]2[O-])cc1C. The highest BCUT2D eigenvalue weighted by atomic mass is 32.2. The maximum atomic E-state index is 12.7. The third kappa shape index (κ3) is 3.56. The van der Waals surface area contributed by atoms with Gasteiger partial charge < -0.3 is 10.1 Å². The van der Waals surface area contributed by atoms with Crippen LogP contribution >= 0.6 is 11.8 Å². The number of thioether (sulfide) groups is 1. The molecule has 1 aromatic carbocycles. The summed E-state index contributed by atoms with van der Waals surface area (Å²) in [5, 5.41) is 12.2. The van der Waals surface area contributed by atoms with Gasteiger partial charge in [0.1, 0.15) is 0 Å². The maximum Gasteiger partial charge on any atom is 0.251 e. The maximum absolute atomic E-state index is 12.7. The third-order valence-corrected chi connectivity index (χ3v) is 5.62. The first-order chi connectivity index (χ1) is 11.6.